The van der Waals surface area contributed by atoms with E-state index < -0.39 is 0 Å². The summed E-state index contributed by atoms with van der Waals surface area (Å²) in [7, 11) is 0. The Morgan fingerprint density at radius 3 is 2.58 bits per heavy atom. The van der Waals surface area contributed by atoms with E-state index in [0.717, 1.165) is 13.1 Å². The molecule has 0 bridgehead atoms. The van der Waals surface area contributed by atoms with Crippen molar-refractivity contribution in [3.8, 4) is 0 Å². The van der Waals surface area contributed by atoms with E-state index in [0.29, 0.717) is 12.0 Å². The van der Waals surface area contributed by atoms with E-state index >= 15 is 0 Å². The first kappa shape index (κ1) is 8.05. The Balaban J connectivity index is 1.74. The highest BCUT2D eigenvalue weighted by Crippen LogP contribution is 2.36. The van der Waals surface area contributed by atoms with Gasteiger partial charge in [-0.05, 0) is 18.8 Å². The molecule has 1 aliphatic carbocycles. The summed E-state index contributed by atoms with van der Waals surface area (Å²) in [5.74, 6) is 1.17. The Morgan fingerprint density at radius 1 is 1.50 bits per heavy atom. The minimum Gasteiger partial charge on any atom is -0.351 e. The first-order chi connectivity index (χ1) is 5.77. The molecule has 2 fully saturated rings. The molecule has 0 aromatic rings. The number of carbonyl (C=O) groups is 1. The van der Waals surface area contributed by atoms with E-state index in [-0.39, 0.29) is 11.8 Å². The Kier molecular flexibility index (Phi) is 2.05. The molecule has 2 rings (SSSR count). The molecule has 3 nitrogen and oxygen atoms in total. The van der Waals surface area contributed by atoms with Crippen molar-refractivity contribution in [1.29, 1.82) is 0 Å². The van der Waals surface area contributed by atoms with Crippen LogP contribution in [0.2, 0.25) is 0 Å². The van der Waals surface area contributed by atoms with Gasteiger partial charge in [-0.3, -0.25) is 4.79 Å². The van der Waals surface area contributed by atoms with Crippen LogP contribution in [-0.4, -0.2) is 25.0 Å². The SMILES string of the molecule is CC(C(=O)NC1CNC1)C1CC1. The Hall–Kier alpha value is -0.570. The van der Waals surface area contributed by atoms with Crippen LogP contribution in [0, 0.1) is 11.8 Å². The molecule has 68 valence electrons. The molecule has 1 atom stereocenters. The predicted octanol–water partition coefficient (Wildman–Crippen LogP) is 0.120. The quantitative estimate of drug-likeness (QED) is 0.628. The molecular weight excluding hydrogens is 152 g/mol. The van der Waals surface area contributed by atoms with Crippen molar-refractivity contribution in [1.82, 2.24) is 10.6 Å². The highest BCUT2D eigenvalue weighted by molar-refractivity contribution is 5.79. The van der Waals surface area contributed by atoms with Crippen LogP contribution in [0.4, 0.5) is 0 Å². The second kappa shape index (κ2) is 3.05. The molecule has 3 heteroatoms. The average Bonchev–Trinajstić information content (AvgIpc) is 2.77. The van der Waals surface area contributed by atoms with Crippen LogP contribution in [0.1, 0.15) is 19.8 Å². The van der Waals surface area contributed by atoms with Crippen molar-refractivity contribution in [3.63, 3.8) is 0 Å². The second-order valence-corrected chi connectivity index (χ2v) is 3.99. The van der Waals surface area contributed by atoms with E-state index in [1.165, 1.54) is 12.8 Å². The lowest BCUT2D eigenvalue weighted by molar-refractivity contribution is -0.126. The second-order valence-electron chi connectivity index (χ2n) is 3.99. The molecule has 0 radical (unpaired) electrons. The van der Waals surface area contributed by atoms with Gasteiger partial charge in [0.1, 0.15) is 0 Å². The molecular formula is C9H16N2O. The van der Waals surface area contributed by atoms with Gasteiger partial charge in [0.15, 0.2) is 0 Å². The Labute approximate surface area is 72.9 Å². The van der Waals surface area contributed by atoms with Crippen molar-refractivity contribution in [2.24, 2.45) is 11.8 Å². The summed E-state index contributed by atoms with van der Waals surface area (Å²) < 4.78 is 0. The molecule has 1 saturated carbocycles. The van der Waals surface area contributed by atoms with Crippen molar-refractivity contribution >= 4 is 5.91 Å². The molecule has 0 aromatic carbocycles. The minimum absolute atomic E-state index is 0.241. The van der Waals surface area contributed by atoms with Crippen LogP contribution < -0.4 is 10.6 Å². The number of rotatable bonds is 3. The normalized spacial score (nSPS) is 26.1. The van der Waals surface area contributed by atoms with Crippen molar-refractivity contribution in [2.45, 2.75) is 25.8 Å². The summed E-state index contributed by atoms with van der Waals surface area (Å²) >= 11 is 0. The zero-order chi connectivity index (χ0) is 8.55. The van der Waals surface area contributed by atoms with E-state index in [1.807, 2.05) is 6.92 Å². The van der Waals surface area contributed by atoms with Gasteiger partial charge in [0.25, 0.3) is 0 Å². The largest absolute Gasteiger partial charge is 0.351 e. The van der Waals surface area contributed by atoms with Gasteiger partial charge >= 0.3 is 0 Å². The highest BCUT2D eigenvalue weighted by Gasteiger charge is 2.33. The highest BCUT2D eigenvalue weighted by atomic mass is 16.2. The van der Waals surface area contributed by atoms with Crippen molar-refractivity contribution < 1.29 is 4.79 Å². The summed E-state index contributed by atoms with van der Waals surface area (Å²) in [6, 6.07) is 0.402. The Morgan fingerprint density at radius 2 is 2.17 bits per heavy atom. The van der Waals surface area contributed by atoms with Crippen molar-refractivity contribution in [2.75, 3.05) is 13.1 Å². The predicted molar refractivity (Wildman–Crippen MR) is 46.7 cm³/mol. The molecule has 12 heavy (non-hydrogen) atoms. The topological polar surface area (TPSA) is 41.1 Å². The molecule has 2 N–H and O–H groups in total. The Bertz CT molecular complexity index is 185. The lowest BCUT2D eigenvalue weighted by Crippen LogP contribution is -2.57. The van der Waals surface area contributed by atoms with Crippen LogP contribution in [0.3, 0.4) is 0 Å². The molecule has 0 aromatic heterocycles. The number of hydrogen-bond acceptors (Lipinski definition) is 2. The summed E-state index contributed by atoms with van der Waals surface area (Å²) in [5.41, 5.74) is 0. The van der Waals surface area contributed by atoms with Gasteiger partial charge in [-0.1, -0.05) is 6.92 Å². The third-order valence-electron chi connectivity index (χ3n) is 2.87. The average molecular weight is 168 g/mol. The maximum absolute atomic E-state index is 11.5. The fraction of sp³-hybridized carbons (Fsp3) is 0.889. The van der Waals surface area contributed by atoms with Gasteiger partial charge in [-0.25, -0.2) is 0 Å². The number of carbonyl (C=O) groups excluding carboxylic acids is 1. The number of hydrogen-bond donors (Lipinski definition) is 2. The van der Waals surface area contributed by atoms with Gasteiger partial charge in [0.05, 0.1) is 6.04 Å². The first-order valence-electron chi connectivity index (χ1n) is 4.78. The summed E-state index contributed by atoms with van der Waals surface area (Å²) in [6.07, 6.45) is 2.50. The molecule has 1 amide bonds. The maximum Gasteiger partial charge on any atom is 0.223 e. The third kappa shape index (κ3) is 1.61. The van der Waals surface area contributed by atoms with Crippen LogP contribution in [0.5, 0.6) is 0 Å². The first-order valence-corrected chi connectivity index (χ1v) is 4.78. The minimum atomic E-state index is 0.241. The monoisotopic (exact) mass is 168 g/mol. The lowest BCUT2D eigenvalue weighted by atomic mass is 10.0. The van der Waals surface area contributed by atoms with Crippen LogP contribution >= 0.6 is 0 Å². The number of amides is 1. The number of nitrogens with one attached hydrogen (secondary N) is 2. The molecule has 1 aliphatic heterocycles. The zero-order valence-corrected chi connectivity index (χ0v) is 7.47. The fourth-order valence-corrected chi connectivity index (χ4v) is 1.53. The molecule has 1 heterocycles. The van der Waals surface area contributed by atoms with Crippen LogP contribution in [0.15, 0.2) is 0 Å². The van der Waals surface area contributed by atoms with Crippen molar-refractivity contribution in [3.05, 3.63) is 0 Å². The van der Waals surface area contributed by atoms with Gasteiger partial charge < -0.3 is 10.6 Å². The van der Waals surface area contributed by atoms with Gasteiger partial charge in [0.2, 0.25) is 5.91 Å². The third-order valence-corrected chi connectivity index (χ3v) is 2.87. The summed E-state index contributed by atoms with van der Waals surface area (Å²) in [4.78, 5) is 11.5. The van der Waals surface area contributed by atoms with Crippen LogP contribution in [-0.2, 0) is 4.79 Å². The molecule has 2 aliphatic rings. The van der Waals surface area contributed by atoms with E-state index in [9.17, 15) is 4.79 Å². The summed E-state index contributed by atoms with van der Waals surface area (Å²) in [5, 5.41) is 6.17. The zero-order valence-electron chi connectivity index (χ0n) is 7.47. The van der Waals surface area contributed by atoms with Gasteiger partial charge in [0, 0.05) is 19.0 Å². The standard InChI is InChI=1S/C9H16N2O/c1-6(7-2-3-7)9(12)11-8-4-10-5-8/h6-8,10H,2-5H2,1H3,(H,11,12). The smallest absolute Gasteiger partial charge is 0.223 e. The van der Waals surface area contributed by atoms with E-state index in [4.69, 9.17) is 0 Å². The van der Waals surface area contributed by atoms with Gasteiger partial charge in [-0.2, -0.15) is 0 Å². The van der Waals surface area contributed by atoms with Gasteiger partial charge in [-0.15, -0.1) is 0 Å². The molecule has 0 spiro atoms. The fourth-order valence-electron chi connectivity index (χ4n) is 1.53. The summed E-state index contributed by atoms with van der Waals surface area (Å²) in [6.45, 7) is 3.94. The van der Waals surface area contributed by atoms with E-state index in [2.05, 4.69) is 10.6 Å². The molecule has 1 saturated heterocycles. The van der Waals surface area contributed by atoms with E-state index in [1.54, 1.807) is 0 Å². The van der Waals surface area contributed by atoms with Crippen LogP contribution in [0.25, 0.3) is 0 Å². The molecule has 1 unspecified atom stereocenters. The lowest BCUT2D eigenvalue weighted by Gasteiger charge is -2.29. The maximum atomic E-state index is 11.5.